The zero-order valence-electron chi connectivity index (χ0n) is 29.0. The Morgan fingerprint density at radius 3 is 2.63 bits per heavy atom. The first kappa shape index (κ1) is 36.3. The molecule has 2 aromatic carbocycles. The van der Waals surface area contributed by atoms with Crippen molar-refractivity contribution >= 4 is 22.4 Å². The van der Waals surface area contributed by atoms with E-state index in [4.69, 9.17) is 9.47 Å². The summed E-state index contributed by atoms with van der Waals surface area (Å²) < 4.78 is 27.6. The lowest BCUT2D eigenvalue weighted by atomic mass is 9.86. The summed E-state index contributed by atoms with van der Waals surface area (Å²) in [7, 11) is -1.43. The van der Waals surface area contributed by atoms with E-state index in [1.807, 2.05) is 36.4 Å². The number of nitrogens with zero attached hydrogens (tertiary/aromatic N) is 3. The molecule has 1 saturated heterocycles. The molecule has 0 spiro atoms. The van der Waals surface area contributed by atoms with Gasteiger partial charge >= 0.3 is 0 Å². The van der Waals surface area contributed by atoms with Gasteiger partial charge in [-0.05, 0) is 61.9 Å². The van der Waals surface area contributed by atoms with E-state index in [0.717, 1.165) is 66.2 Å². The van der Waals surface area contributed by atoms with E-state index < -0.39 is 21.7 Å². The van der Waals surface area contributed by atoms with E-state index in [0.29, 0.717) is 56.2 Å². The van der Waals surface area contributed by atoms with Crippen LogP contribution < -0.4 is 15.0 Å². The minimum absolute atomic E-state index is 0.252. The molecule has 1 aliphatic heterocycles. The van der Waals surface area contributed by atoms with E-state index >= 15 is 0 Å². The number of β-amino-alcohol motifs (C(OH)–C–C–N with tert-alkyl or cyclic N) is 1. The maximum Gasteiger partial charge on any atom is 0.250 e. The second-order valence-electron chi connectivity index (χ2n) is 12.8. The molecule has 10 heteroatoms. The first-order valence-corrected chi connectivity index (χ1v) is 18.7. The number of carbonyl (C=O) groups excluding carboxylic acids is 1. The molecule has 3 atom stereocenters. The normalized spacial score (nSPS) is 19.5. The minimum Gasteiger partial charge on any atom is -0.491 e. The number of rotatable bonds is 17. The van der Waals surface area contributed by atoms with E-state index in [9.17, 15) is 14.1 Å². The maximum atomic E-state index is 14.9. The Morgan fingerprint density at radius 2 is 1.96 bits per heavy atom. The fourth-order valence-electron chi connectivity index (χ4n) is 6.32. The Labute approximate surface area is 293 Å². The average Bonchev–Trinajstić information content (AvgIpc) is 3.75. The lowest BCUT2D eigenvalue weighted by Crippen LogP contribution is -2.36. The summed E-state index contributed by atoms with van der Waals surface area (Å²) in [6.45, 7) is 13.4. The molecule has 2 N–H and O–H groups in total. The highest BCUT2D eigenvalue weighted by Gasteiger charge is 2.41. The number of anilines is 1. The average molecular weight is 687 g/mol. The van der Waals surface area contributed by atoms with Crippen LogP contribution in [0.4, 0.5) is 5.69 Å². The van der Waals surface area contributed by atoms with Gasteiger partial charge in [-0.25, -0.2) is 4.98 Å². The topological polar surface area (TPSA) is 106 Å². The monoisotopic (exact) mass is 686 g/mol. The minimum atomic E-state index is -1.43. The number of benzene rings is 2. The van der Waals surface area contributed by atoms with Crippen LogP contribution in [0.15, 0.2) is 91.1 Å². The van der Waals surface area contributed by atoms with Crippen LogP contribution in [-0.4, -0.2) is 63.8 Å². The summed E-state index contributed by atoms with van der Waals surface area (Å²) in [6, 6.07) is 14.2. The number of aliphatic hydroxyl groups excluding tert-OH is 1. The lowest BCUT2D eigenvalue weighted by molar-refractivity contribution is -0.116. The molecule has 0 saturated carbocycles. The molecule has 1 amide bonds. The van der Waals surface area contributed by atoms with Gasteiger partial charge in [-0.15, -0.1) is 0 Å². The highest BCUT2D eigenvalue weighted by molar-refractivity contribution is 7.85. The summed E-state index contributed by atoms with van der Waals surface area (Å²) in [5.41, 5.74) is 5.85. The van der Waals surface area contributed by atoms with Crippen LogP contribution in [0, 0.1) is 0 Å². The number of carbonyl (C=O) groups is 1. The number of hydrogen-bond donors (Lipinski definition) is 2. The number of aliphatic hydroxyl groups is 1. The number of unbranched alkanes of at least 4 members (excludes halogenated alkanes) is 1. The largest absolute Gasteiger partial charge is 0.491 e. The molecule has 3 unspecified atom stereocenters. The first-order valence-electron chi connectivity index (χ1n) is 17.4. The fraction of sp³-hybridized carbons (Fsp3) is 0.436. The summed E-state index contributed by atoms with van der Waals surface area (Å²) in [5.74, 6) is 0.827. The van der Waals surface area contributed by atoms with Gasteiger partial charge in [-0.2, -0.15) is 0 Å². The third-order valence-electron chi connectivity index (χ3n) is 9.03. The number of amides is 1. The third-order valence-corrected chi connectivity index (χ3v) is 10.9. The predicted octanol–water partition coefficient (Wildman–Crippen LogP) is 6.41. The summed E-state index contributed by atoms with van der Waals surface area (Å²) in [5, 5.41) is 13.6. The fourth-order valence-corrected chi connectivity index (χ4v) is 7.98. The van der Waals surface area contributed by atoms with Crippen LogP contribution in [0.5, 0.6) is 5.75 Å². The molecule has 3 aromatic rings. The molecule has 1 aliphatic carbocycles. The Morgan fingerprint density at radius 1 is 1.14 bits per heavy atom. The number of nitrogens with one attached hydrogen (secondary N) is 1. The van der Waals surface area contributed by atoms with Crippen molar-refractivity contribution < 1.29 is 23.6 Å². The molecule has 2 heterocycles. The number of allylic oxidation sites excluding steroid dienone is 2. The Kier molecular flexibility index (Phi) is 12.7. The van der Waals surface area contributed by atoms with E-state index in [1.54, 1.807) is 19.4 Å². The molecule has 1 fully saturated rings. The second-order valence-corrected chi connectivity index (χ2v) is 14.5. The quantitative estimate of drug-likeness (QED) is 0.125. The van der Waals surface area contributed by atoms with Crippen molar-refractivity contribution in [3.05, 3.63) is 102 Å². The van der Waals surface area contributed by atoms with Crippen molar-refractivity contribution in [1.29, 1.82) is 0 Å². The number of para-hydroxylation sites is 1. The SMILES string of the molecule is C=C(C)C(=O)NC1=CCC(c2cccc(-c3ccc(OCCOCCCC)cc3)c2N2CCC(O)C2)(S(=O)Cc2cncn2CCC)C=C1. The highest BCUT2D eigenvalue weighted by Crippen LogP contribution is 2.47. The lowest BCUT2D eigenvalue weighted by Gasteiger charge is -2.37. The molecule has 5 rings (SSSR count). The van der Waals surface area contributed by atoms with Crippen LogP contribution >= 0.6 is 0 Å². The van der Waals surface area contributed by atoms with Crippen molar-refractivity contribution in [2.24, 2.45) is 0 Å². The van der Waals surface area contributed by atoms with E-state index in [2.05, 4.69) is 64.5 Å². The predicted molar refractivity (Wildman–Crippen MR) is 197 cm³/mol. The van der Waals surface area contributed by atoms with Crippen molar-refractivity contribution in [1.82, 2.24) is 14.9 Å². The zero-order valence-corrected chi connectivity index (χ0v) is 29.8. The van der Waals surface area contributed by atoms with Crippen LogP contribution in [0.1, 0.15) is 64.1 Å². The molecular formula is C39H50N4O5S. The van der Waals surface area contributed by atoms with Crippen LogP contribution in [-0.2, 0) is 37.4 Å². The van der Waals surface area contributed by atoms with Gasteiger partial charge in [0.25, 0.3) is 5.91 Å². The number of aryl methyl sites for hydroxylation is 1. The third kappa shape index (κ3) is 8.79. The molecule has 9 nitrogen and oxygen atoms in total. The van der Waals surface area contributed by atoms with Gasteiger partial charge in [0.1, 0.15) is 12.4 Å². The standard InChI is InChI=1S/C39H50N4O5S/c1-5-7-22-47-23-24-48-34-13-11-30(12-14-34)35-9-8-10-36(37(35)42-21-17-33(44)26-42)39(18-15-31(16-19-39)41-38(45)29(3)4)49(46)27-32-25-40-28-43(32)20-6-2/h8-16,18,25,28,33,44H,3,5-7,17,19-24,26-27H2,1-2,4H3,(H,41,45). The first-order chi connectivity index (χ1) is 23.8. The van der Waals surface area contributed by atoms with Crippen molar-refractivity contribution in [2.45, 2.75) is 76.0 Å². The number of hydrogen-bond acceptors (Lipinski definition) is 7. The maximum absolute atomic E-state index is 14.9. The molecule has 0 bridgehead atoms. The Hall–Kier alpha value is -3.99. The van der Waals surface area contributed by atoms with Gasteiger partial charge < -0.3 is 29.4 Å². The smallest absolute Gasteiger partial charge is 0.250 e. The molecule has 1 aromatic heterocycles. The van der Waals surface area contributed by atoms with Gasteiger partial charge in [0.15, 0.2) is 0 Å². The van der Waals surface area contributed by atoms with Gasteiger partial charge in [-0.1, -0.05) is 69.3 Å². The van der Waals surface area contributed by atoms with E-state index in [1.165, 1.54) is 0 Å². The zero-order chi connectivity index (χ0) is 34.8. The van der Waals surface area contributed by atoms with Gasteiger partial charge in [0, 0.05) is 71.5 Å². The van der Waals surface area contributed by atoms with Crippen LogP contribution in [0.2, 0.25) is 0 Å². The second kappa shape index (κ2) is 17.1. The Balaban J connectivity index is 1.53. The van der Waals surface area contributed by atoms with Crippen LogP contribution in [0.25, 0.3) is 11.1 Å². The van der Waals surface area contributed by atoms with Gasteiger partial charge in [0.05, 0.1) is 29.5 Å². The van der Waals surface area contributed by atoms with Gasteiger partial charge in [0.2, 0.25) is 0 Å². The van der Waals surface area contributed by atoms with Crippen LogP contribution in [0.3, 0.4) is 0 Å². The van der Waals surface area contributed by atoms with Crippen molar-refractivity contribution in [3.63, 3.8) is 0 Å². The molecule has 262 valence electrons. The summed E-state index contributed by atoms with van der Waals surface area (Å²) in [6.07, 6.45) is 13.1. The molecule has 0 radical (unpaired) electrons. The summed E-state index contributed by atoms with van der Waals surface area (Å²) in [4.78, 5) is 19.1. The Bertz CT molecular complexity index is 1680. The van der Waals surface area contributed by atoms with Crippen molar-refractivity contribution in [2.75, 3.05) is 37.8 Å². The molecular weight excluding hydrogens is 637 g/mol. The number of imidazole rings is 1. The highest BCUT2D eigenvalue weighted by atomic mass is 32.2. The molecule has 2 aliphatic rings. The number of ether oxygens (including phenoxy) is 2. The van der Waals surface area contributed by atoms with Crippen molar-refractivity contribution in [3.8, 4) is 16.9 Å². The summed E-state index contributed by atoms with van der Waals surface area (Å²) >= 11 is 0. The van der Waals surface area contributed by atoms with E-state index in [-0.39, 0.29) is 5.91 Å². The number of aromatic nitrogens is 2. The molecule has 49 heavy (non-hydrogen) atoms. The van der Waals surface area contributed by atoms with Gasteiger partial charge in [-0.3, -0.25) is 9.00 Å².